The van der Waals surface area contributed by atoms with Gasteiger partial charge in [-0.1, -0.05) is 6.07 Å². The van der Waals surface area contributed by atoms with E-state index in [0.717, 1.165) is 12.1 Å². The van der Waals surface area contributed by atoms with E-state index in [9.17, 15) is 13.6 Å². The Kier molecular flexibility index (Phi) is 4.67. The second-order valence-electron chi connectivity index (χ2n) is 4.90. The maximum Gasteiger partial charge on any atom is 0.227 e. The van der Waals surface area contributed by atoms with Gasteiger partial charge in [-0.15, -0.1) is 0 Å². The first-order valence-electron chi connectivity index (χ1n) is 6.52. The van der Waals surface area contributed by atoms with E-state index >= 15 is 0 Å². The summed E-state index contributed by atoms with van der Waals surface area (Å²) in [4.78, 5) is 12.1. The number of amides is 1. The van der Waals surface area contributed by atoms with Crippen molar-refractivity contribution in [3.8, 4) is 0 Å². The molecule has 4 nitrogen and oxygen atoms in total. The Labute approximate surface area is 116 Å². The summed E-state index contributed by atoms with van der Waals surface area (Å²) in [5, 5.41) is 5.87. The normalized spacial score (nSPS) is 23.6. The van der Waals surface area contributed by atoms with Gasteiger partial charge in [-0.2, -0.15) is 0 Å². The van der Waals surface area contributed by atoms with E-state index in [-0.39, 0.29) is 17.7 Å². The summed E-state index contributed by atoms with van der Waals surface area (Å²) >= 11 is 0. The lowest BCUT2D eigenvalue weighted by Gasteiger charge is -2.21. The Morgan fingerprint density at radius 3 is 2.65 bits per heavy atom. The number of carbonyl (C=O) groups is 1. The minimum Gasteiger partial charge on any atom is -0.378 e. The molecule has 0 saturated carbocycles. The zero-order valence-corrected chi connectivity index (χ0v) is 11.5. The highest BCUT2D eigenvalue weighted by molar-refractivity contribution is 5.83. The lowest BCUT2D eigenvalue weighted by atomic mass is 9.98. The molecule has 20 heavy (non-hydrogen) atoms. The Morgan fingerprint density at radius 2 is 2.05 bits per heavy atom. The third-order valence-corrected chi connectivity index (χ3v) is 3.61. The first-order chi connectivity index (χ1) is 9.54. The first kappa shape index (κ1) is 14.9. The smallest absolute Gasteiger partial charge is 0.227 e. The number of nitrogens with one attached hydrogen (secondary N) is 2. The third kappa shape index (κ3) is 2.96. The van der Waals surface area contributed by atoms with Crippen LogP contribution >= 0.6 is 0 Å². The summed E-state index contributed by atoms with van der Waals surface area (Å²) in [6.07, 6.45) is -0.128. The summed E-state index contributed by atoms with van der Waals surface area (Å²) in [6, 6.07) is 3.39. The quantitative estimate of drug-likeness (QED) is 0.872. The van der Waals surface area contributed by atoms with Gasteiger partial charge in [-0.25, -0.2) is 8.78 Å². The number of hydrogen-bond acceptors (Lipinski definition) is 3. The maximum absolute atomic E-state index is 13.7. The van der Waals surface area contributed by atoms with E-state index in [1.165, 1.54) is 13.0 Å². The average Bonchev–Trinajstić information content (AvgIpc) is 2.85. The Hall–Kier alpha value is -1.53. The van der Waals surface area contributed by atoms with Crippen molar-refractivity contribution in [2.75, 3.05) is 20.2 Å². The van der Waals surface area contributed by atoms with Crippen molar-refractivity contribution in [2.24, 2.45) is 0 Å². The Morgan fingerprint density at radius 1 is 1.40 bits per heavy atom. The van der Waals surface area contributed by atoms with Crippen molar-refractivity contribution in [1.29, 1.82) is 0 Å². The molecule has 1 aromatic rings. The van der Waals surface area contributed by atoms with Crippen molar-refractivity contribution in [3.05, 3.63) is 35.4 Å². The highest BCUT2D eigenvalue weighted by Gasteiger charge is 2.31. The molecule has 0 spiro atoms. The van der Waals surface area contributed by atoms with Crippen LogP contribution in [0, 0.1) is 11.6 Å². The van der Waals surface area contributed by atoms with Crippen molar-refractivity contribution in [3.63, 3.8) is 0 Å². The summed E-state index contributed by atoms with van der Waals surface area (Å²) in [6.45, 7) is 2.71. The van der Waals surface area contributed by atoms with Crippen LogP contribution in [0.5, 0.6) is 0 Å². The Bertz CT molecular complexity index is 476. The number of methoxy groups -OCH3 is 1. The molecule has 2 rings (SSSR count). The number of hydrogen-bond donors (Lipinski definition) is 2. The molecule has 1 aromatic carbocycles. The van der Waals surface area contributed by atoms with Crippen LogP contribution in [-0.4, -0.2) is 38.3 Å². The van der Waals surface area contributed by atoms with Gasteiger partial charge in [0.1, 0.15) is 11.6 Å². The Balaban J connectivity index is 2.09. The topological polar surface area (TPSA) is 50.4 Å². The summed E-state index contributed by atoms with van der Waals surface area (Å²) < 4.78 is 32.6. The van der Waals surface area contributed by atoms with Crippen LogP contribution in [-0.2, 0) is 9.53 Å². The number of benzene rings is 1. The van der Waals surface area contributed by atoms with Crippen molar-refractivity contribution >= 4 is 5.91 Å². The van der Waals surface area contributed by atoms with Crippen LogP contribution in [0.15, 0.2) is 18.2 Å². The van der Waals surface area contributed by atoms with Gasteiger partial charge in [0, 0.05) is 25.8 Å². The average molecular weight is 284 g/mol. The first-order valence-corrected chi connectivity index (χ1v) is 6.52. The van der Waals surface area contributed by atoms with Gasteiger partial charge in [-0.3, -0.25) is 4.79 Å². The highest BCUT2D eigenvalue weighted by atomic mass is 19.1. The molecule has 1 fully saturated rings. The second kappa shape index (κ2) is 6.28. The molecule has 0 aromatic heterocycles. The zero-order valence-electron chi connectivity index (χ0n) is 11.5. The van der Waals surface area contributed by atoms with Crippen LogP contribution in [0.3, 0.4) is 0 Å². The third-order valence-electron chi connectivity index (χ3n) is 3.61. The second-order valence-corrected chi connectivity index (χ2v) is 4.90. The van der Waals surface area contributed by atoms with Gasteiger partial charge in [0.2, 0.25) is 5.91 Å². The van der Waals surface area contributed by atoms with Crippen LogP contribution in [0.1, 0.15) is 18.4 Å². The standard InChI is InChI=1S/C14H18F2N2O2/c1-8(13-9(15)4-3-5-10(13)16)14(19)18-11-6-17-7-12(11)20-2/h3-5,8,11-12,17H,6-7H2,1-2H3,(H,18,19)/t8-,11+,12+/m1/s1. The molecular weight excluding hydrogens is 266 g/mol. The molecule has 0 bridgehead atoms. The molecule has 1 aliphatic heterocycles. The number of carbonyl (C=O) groups excluding carboxylic acids is 1. The van der Waals surface area contributed by atoms with E-state index in [1.807, 2.05) is 0 Å². The molecule has 0 radical (unpaired) electrons. The van der Waals surface area contributed by atoms with E-state index in [4.69, 9.17) is 4.74 Å². The van der Waals surface area contributed by atoms with Crippen LogP contribution < -0.4 is 10.6 Å². The molecule has 1 amide bonds. The van der Waals surface area contributed by atoms with Crippen molar-refractivity contribution in [1.82, 2.24) is 10.6 Å². The lowest BCUT2D eigenvalue weighted by Crippen LogP contribution is -2.45. The minimum atomic E-state index is -0.894. The van der Waals surface area contributed by atoms with Crippen LogP contribution in [0.25, 0.3) is 0 Å². The molecule has 1 aliphatic rings. The van der Waals surface area contributed by atoms with E-state index < -0.39 is 23.5 Å². The van der Waals surface area contributed by atoms with Crippen molar-refractivity contribution in [2.45, 2.75) is 25.0 Å². The predicted octanol–water partition coefficient (Wildman–Crippen LogP) is 1.17. The van der Waals surface area contributed by atoms with Gasteiger partial charge in [0.25, 0.3) is 0 Å². The molecule has 0 unspecified atom stereocenters. The van der Waals surface area contributed by atoms with Gasteiger partial charge in [0.15, 0.2) is 0 Å². The molecule has 6 heteroatoms. The fourth-order valence-corrected chi connectivity index (χ4v) is 2.41. The predicted molar refractivity (Wildman–Crippen MR) is 70.4 cm³/mol. The largest absolute Gasteiger partial charge is 0.378 e. The van der Waals surface area contributed by atoms with Gasteiger partial charge >= 0.3 is 0 Å². The summed E-state index contributed by atoms with van der Waals surface area (Å²) in [5.74, 6) is -2.72. The zero-order chi connectivity index (χ0) is 14.7. The van der Waals surface area contributed by atoms with Crippen LogP contribution in [0.2, 0.25) is 0 Å². The SMILES string of the molecule is CO[C@H]1CNC[C@@H]1NC(=O)[C@H](C)c1c(F)cccc1F. The number of halogens is 2. The molecule has 1 heterocycles. The summed E-state index contributed by atoms with van der Waals surface area (Å²) in [5.41, 5.74) is -0.204. The van der Waals surface area contributed by atoms with Gasteiger partial charge in [0.05, 0.1) is 18.1 Å². The highest BCUT2D eigenvalue weighted by Crippen LogP contribution is 2.22. The maximum atomic E-state index is 13.7. The molecule has 0 aliphatic carbocycles. The fraction of sp³-hybridized carbons (Fsp3) is 0.500. The molecule has 3 atom stereocenters. The monoisotopic (exact) mass is 284 g/mol. The molecule has 1 saturated heterocycles. The minimum absolute atomic E-state index is 0.128. The van der Waals surface area contributed by atoms with Gasteiger partial charge < -0.3 is 15.4 Å². The lowest BCUT2D eigenvalue weighted by molar-refractivity contribution is -0.123. The van der Waals surface area contributed by atoms with E-state index in [1.54, 1.807) is 7.11 Å². The molecule has 110 valence electrons. The molecular formula is C14H18F2N2O2. The van der Waals surface area contributed by atoms with E-state index in [2.05, 4.69) is 10.6 Å². The van der Waals surface area contributed by atoms with Crippen LogP contribution in [0.4, 0.5) is 8.78 Å². The number of ether oxygens (including phenoxy) is 1. The van der Waals surface area contributed by atoms with Crippen molar-refractivity contribution < 1.29 is 18.3 Å². The fourth-order valence-electron chi connectivity index (χ4n) is 2.41. The van der Waals surface area contributed by atoms with Gasteiger partial charge in [-0.05, 0) is 19.1 Å². The van der Waals surface area contributed by atoms with E-state index in [0.29, 0.717) is 13.1 Å². The summed E-state index contributed by atoms with van der Waals surface area (Å²) in [7, 11) is 1.57. The number of rotatable bonds is 4. The molecule has 2 N–H and O–H groups in total.